The van der Waals surface area contributed by atoms with E-state index in [0.29, 0.717) is 16.9 Å². The summed E-state index contributed by atoms with van der Waals surface area (Å²) in [6.07, 6.45) is 1.15. The molecule has 26 heavy (non-hydrogen) atoms. The van der Waals surface area contributed by atoms with Crippen LogP contribution in [0.4, 0.5) is 11.4 Å². The van der Waals surface area contributed by atoms with E-state index in [9.17, 15) is 13.2 Å². The molecule has 7 heteroatoms. The summed E-state index contributed by atoms with van der Waals surface area (Å²) in [6, 6.07) is 13.9. The first kappa shape index (κ1) is 19.5. The van der Waals surface area contributed by atoms with E-state index in [4.69, 9.17) is 5.26 Å². The van der Waals surface area contributed by atoms with Crippen LogP contribution in [0.5, 0.6) is 0 Å². The molecule has 2 rings (SSSR count). The van der Waals surface area contributed by atoms with Gasteiger partial charge in [0.15, 0.2) is 0 Å². The molecule has 0 spiro atoms. The van der Waals surface area contributed by atoms with Gasteiger partial charge in [-0.25, -0.2) is 8.42 Å². The number of hydrogen-bond donors (Lipinski definition) is 1. The first-order valence-electron chi connectivity index (χ1n) is 8.06. The number of aryl methyl sites for hydroxylation is 1. The number of amides is 1. The van der Waals surface area contributed by atoms with Crippen LogP contribution in [-0.2, 0) is 14.8 Å². The summed E-state index contributed by atoms with van der Waals surface area (Å²) >= 11 is 0. The molecule has 1 N–H and O–H groups in total. The van der Waals surface area contributed by atoms with E-state index in [1.54, 1.807) is 36.4 Å². The average molecular weight is 371 g/mol. The van der Waals surface area contributed by atoms with Crippen molar-refractivity contribution >= 4 is 27.3 Å². The normalized spacial score (nSPS) is 10.8. The molecule has 136 valence electrons. The molecule has 0 aliphatic carbocycles. The Labute approximate surface area is 154 Å². The van der Waals surface area contributed by atoms with Crippen molar-refractivity contribution < 1.29 is 13.2 Å². The van der Waals surface area contributed by atoms with Crippen LogP contribution in [-0.4, -0.2) is 27.1 Å². The minimum atomic E-state index is -3.52. The minimum absolute atomic E-state index is 0.0143. The number of anilines is 2. The van der Waals surface area contributed by atoms with Gasteiger partial charge in [-0.1, -0.05) is 12.1 Å². The predicted octanol–water partition coefficient (Wildman–Crippen LogP) is 2.97. The molecule has 0 aliphatic rings. The lowest BCUT2D eigenvalue weighted by Crippen LogP contribution is -2.33. The molecule has 0 unspecified atom stereocenters. The van der Waals surface area contributed by atoms with Crippen LogP contribution in [0, 0.1) is 25.2 Å². The average Bonchev–Trinajstić information content (AvgIpc) is 2.58. The number of nitriles is 1. The number of benzene rings is 2. The van der Waals surface area contributed by atoms with Crippen LogP contribution in [0.25, 0.3) is 0 Å². The van der Waals surface area contributed by atoms with Gasteiger partial charge in [-0.3, -0.25) is 9.10 Å². The number of nitrogens with one attached hydrogen (secondary N) is 1. The third kappa shape index (κ3) is 4.83. The van der Waals surface area contributed by atoms with Crippen molar-refractivity contribution in [2.45, 2.75) is 20.3 Å². The minimum Gasteiger partial charge on any atom is -0.326 e. The standard InChI is InChI=1S/C19H21N3O3S/c1-14-5-4-6-18(15(14)2)22(26(3,24)25)12-11-19(23)21-17-9-7-16(13-20)8-10-17/h4-10H,11-12H2,1-3H3,(H,21,23). The van der Waals surface area contributed by atoms with Crippen molar-refractivity contribution in [1.82, 2.24) is 0 Å². The third-order valence-corrected chi connectivity index (χ3v) is 5.26. The zero-order valence-electron chi connectivity index (χ0n) is 15.0. The molecule has 0 saturated heterocycles. The van der Waals surface area contributed by atoms with Crippen LogP contribution >= 0.6 is 0 Å². The summed E-state index contributed by atoms with van der Waals surface area (Å²) in [6.45, 7) is 3.82. The van der Waals surface area contributed by atoms with Gasteiger partial charge in [0.25, 0.3) is 0 Å². The van der Waals surface area contributed by atoms with E-state index in [1.807, 2.05) is 26.0 Å². The maximum Gasteiger partial charge on any atom is 0.232 e. The van der Waals surface area contributed by atoms with Crippen molar-refractivity contribution in [2.75, 3.05) is 22.4 Å². The van der Waals surface area contributed by atoms with Crippen molar-refractivity contribution in [3.05, 3.63) is 59.2 Å². The first-order chi connectivity index (χ1) is 12.2. The highest BCUT2D eigenvalue weighted by Gasteiger charge is 2.20. The number of hydrogen-bond acceptors (Lipinski definition) is 4. The van der Waals surface area contributed by atoms with Gasteiger partial charge in [0.05, 0.1) is 23.6 Å². The Balaban J connectivity index is 2.11. The fourth-order valence-corrected chi connectivity index (χ4v) is 3.50. The zero-order valence-corrected chi connectivity index (χ0v) is 15.8. The molecule has 2 aromatic rings. The zero-order chi connectivity index (χ0) is 19.3. The van der Waals surface area contributed by atoms with Gasteiger partial charge in [-0.2, -0.15) is 5.26 Å². The fraction of sp³-hybridized carbons (Fsp3) is 0.263. The predicted molar refractivity (Wildman–Crippen MR) is 103 cm³/mol. The number of carbonyl (C=O) groups is 1. The van der Waals surface area contributed by atoms with Gasteiger partial charge in [0.1, 0.15) is 0 Å². The van der Waals surface area contributed by atoms with E-state index < -0.39 is 10.0 Å². The first-order valence-corrected chi connectivity index (χ1v) is 9.91. The molecule has 0 atom stereocenters. The molecule has 0 heterocycles. The number of sulfonamides is 1. The Morgan fingerprint density at radius 1 is 1.15 bits per heavy atom. The molecule has 0 fully saturated rings. The lowest BCUT2D eigenvalue weighted by Gasteiger charge is -2.24. The maximum atomic E-state index is 12.2. The van der Waals surface area contributed by atoms with E-state index in [1.165, 1.54) is 4.31 Å². The molecule has 0 aromatic heterocycles. The Morgan fingerprint density at radius 2 is 1.81 bits per heavy atom. The summed E-state index contributed by atoms with van der Waals surface area (Å²) in [5, 5.41) is 11.5. The lowest BCUT2D eigenvalue weighted by molar-refractivity contribution is -0.116. The van der Waals surface area contributed by atoms with Crippen LogP contribution in [0.15, 0.2) is 42.5 Å². The molecule has 0 radical (unpaired) electrons. The summed E-state index contributed by atoms with van der Waals surface area (Å²) in [4.78, 5) is 12.2. The summed E-state index contributed by atoms with van der Waals surface area (Å²) in [5.74, 6) is -0.298. The lowest BCUT2D eigenvalue weighted by atomic mass is 10.1. The number of carbonyl (C=O) groups excluding carboxylic acids is 1. The van der Waals surface area contributed by atoms with Crippen LogP contribution < -0.4 is 9.62 Å². The fourth-order valence-electron chi connectivity index (χ4n) is 2.53. The molecular formula is C19H21N3O3S. The van der Waals surface area contributed by atoms with Crippen LogP contribution in [0.3, 0.4) is 0 Å². The number of nitrogens with zero attached hydrogens (tertiary/aromatic N) is 2. The second-order valence-corrected chi connectivity index (χ2v) is 7.95. The summed E-state index contributed by atoms with van der Waals surface area (Å²) in [5.41, 5.74) is 3.50. The quantitative estimate of drug-likeness (QED) is 0.845. The van der Waals surface area contributed by atoms with E-state index in [2.05, 4.69) is 5.32 Å². The molecular weight excluding hydrogens is 350 g/mol. The SMILES string of the molecule is Cc1cccc(N(CCC(=O)Nc2ccc(C#N)cc2)S(C)(=O)=O)c1C. The topological polar surface area (TPSA) is 90.3 Å². The van der Waals surface area contributed by atoms with Gasteiger partial charge in [-0.15, -0.1) is 0 Å². The Hall–Kier alpha value is -2.85. The van der Waals surface area contributed by atoms with Crippen molar-refractivity contribution in [3.8, 4) is 6.07 Å². The highest BCUT2D eigenvalue weighted by Crippen LogP contribution is 2.25. The van der Waals surface area contributed by atoms with Gasteiger partial charge >= 0.3 is 0 Å². The highest BCUT2D eigenvalue weighted by molar-refractivity contribution is 7.92. The number of rotatable bonds is 6. The maximum absolute atomic E-state index is 12.2. The molecule has 0 bridgehead atoms. The molecule has 0 saturated carbocycles. The molecule has 0 aliphatic heterocycles. The Kier molecular flexibility index (Phi) is 6.01. The van der Waals surface area contributed by atoms with Crippen LogP contribution in [0.1, 0.15) is 23.1 Å². The van der Waals surface area contributed by atoms with Gasteiger partial charge in [0, 0.05) is 18.7 Å². The molecule has 2 aromatic carbocycles. The Bertz CT molecular complexity index is 945. The smallest absolute Gasteiger partial charge is 0.232 e. The van der Waals surface area contributed by atoms with Crippen molar-refractivity contribution in [1.29, 1.82) is 5.26 Å². The second kappa shape index (κ2) is 8.02. The van der Waals surface area contributed by atoms with Crippen LogP contribution in [0.2, 0.25) is 0 Å². The molecule has 1 amide bonds. The van der Waals surface area contributed by atoms with Gasteiger partial charge < -0.3 is 5.32 Å². The largest absolute Gasteiger partial charge is 0.326 e. The summed E-state index contributed by atoms with van der Waals surface area (Å²) < 4.78 is 25.7. The monoisotopic (exact) mass is 371 g/mol. The van der Waals surface area contributed by atoms with Crippen molar-refractivity contribution in [3.63, 3.8) is 0 Å². The Morgan fingerprint density at radius 3 is 2.38 bits per heavy atom. The van der Waals surface area contributed by atoms with Crippen molar-refractivity contribution in [2.24, 2.45) is 0 Å². The van der Waals surface area contributed by atoms with E-state index in [0.717, 1.165) is 17.4 Å². The van der Waals surface area contributed by atoms with Gasteiger partial charge in [-0.05, 0) is 55.3 Å². The van der Waals surface area contributed by atoms with E-state index in [-0.39, 0.29) is 18.9 Å². The summed E-state index contributed by atoms with van der Waals surface area (Å²) in [7, 11) is -3.52. The molecule has 6 nitrogen and oxygen atoms in total. The highest BCUT2D eigenvalue weighted by atomic mass is 32.2. The third-order valence-electron chi connectivity index (χ3n) is 4.08. The second-order valence-electron chi connectivity index (χ2n) is 6.04. The van der Waals surface area contributed by atoms with Gasteiger partial charge in [0.2, 0.25) is 15.9 Å². The van der Waals surface area contributed by atoms with E-state index >= 15 is 0 Å².